The molecule has 0 radical (unpaired) electrons. The zero-order chi connectivity index (χ0) is 22.4. The monoisotopic (exact) mass is 443 g/mol. The van der Waals surface area contributed by atoms with E-state index < -0.39 is 34.2 Å². The molecule has 7 nitrogen and oxygen atoms in total. The Kier molecular flexibility index (Phi) is 6.66. The van der Waals surface area contributed by atoms with Crippen molar-refractivity contribution >= 4 is 27.5 Å². The van der Waals surface area contributed by atoms with Crippen molar-refractivity contribution < 1.29 is 31.9 Å². The van der Waals surface area contributed by atoms with Crippen LogP contribution < -0.4 is 9.46 Å². The summed E-state index contributed by atoms with van der Waals surface area (Å²) in [6.45, 7) is -0.557. The number of methoxy groups -OCH3 is 1. The highest BCUT2D eigenvalue weighted by Crippen LogP contribution is 2.22. The number of Topliss-reactive ketones (excluding diaryl/α,β-unsaturated/α-hetero) is 1. The van der Waals surface area contributed by atoms with Crippen LogP contribution in [0.5, 0.6) is 5.75 Å². The number of carbonyl (C=O) groups is 2. The van der Waals surface area contributed by atoms with E-state index in [-0.39, 0.29) is 21.7 Å². The number of ether oxygens (including phenoxy) is 2. The van der Waals surface area contributed by atoms with Crippen LogP contribution in [-0.2, 0) is 14.8 Å². The number of anilines is 1. The summed E-state index contributed by atoms with van der Waals surface area (Å²) in [6, 6.07) is 16.5. The molecule has 0 aromatic heterocycles. The number of esters is 1. The molecule has 0 amide bonds. The molecule has 160 valence electrons. The first kappa shape index (κ1) is 22.0. The summed E-state index contributed by atoms with van der Waals surface area (Å²) >= 11 is 0. The molecule has 0 aliphatic carbocycles. The number of hydrogen-bond donors (Lipinski definition) is 1. The summed E-state index contributed by atoms with van der Waals surface area (Å²) in [7, 11) is -2.66. The van der Waals surface area contributed by atoms with Crippen LogP contribution in [0.15, 0.2) is 77.7 Å². The van der Waals surface area contributed by atoms with Crippen molar-refractivity contribution in [3.05, 3.63) is 89.7 Å². The molecule has 0 unspecified atom stereocenters. The average Bonchev–Trinajstić information content (AvgIpc) is 2.77. The predicted octanol–water partition coefficient (Wildman–Crippen LogP) is 3.67. The Morgan fingerprint density at radius 1 is 0.903 bits per heavy atom. The average molecular weight is 443 g/mol. The molecule has 0 saturated heterocycles. The summed E-state index contributed by atoms with van der Waals surface area (Å²) in [5.41, 5.74) is 0.130. The molecule has 0 saturated carbocycles. The summed E-state index contributed by atoms with van der Waals surface area (Å²) < 4.78 is 50.7. The number of carbonyl (C=O) groups excluding carboxylic acids is 2. The van der Waals surface area contributed by atoms with Gasteiger partial charge in [-0.05, 0) is 48.5 Å². The number of ketones is 1. The predicted molar refractivity (Wildman–Crippen MR) is 111 cm³/mol. The van der Waals surface area contributed by atoms with Gasteiger partial charge in [-0.15, -0.1) is 0 Å². The first-order valence-electron chi connectivity index (χ1n) is 9.02. The lowest BCUT2D eigenvalue weighted by Gasteiger charge is -2.12. The third kappa shape index (κ3) is 5.26. The van der Waals surface area contributed by atoms with Gasteiger partial charge in [0, 0.05) is 0 Å². The molecule has 3 aromatic rings. The molecular formula is C22H18FNO6S. The Bertz CT molecular complexity index is 1210. The summed E-state index contributed by atoms with van der Waals surface area (Å²) in [5, 5.41) is 0. The van der Waals surface area contributed by atoms with E-state index in [1.54, 1.807) is 24.3 Å². The Balaban J connectivity index is 1.76. The van der Waals surface area contributed by atoms with Gasteiger partial charge in [-0.1, -0.05) is 24.3 Å². The lowest BCUT2D eigenvalue weighted by molar-refractivity contribution is 0.0475. The minimum atomic E-state index is -4.08. The van der Waals surface area contributed by atoms with Crippen LogP contribution >= 0.6 is 0 Å². The first-order chi connectivity index (χ1) is 14.8. The maximum absolute atomic E-state index is 13.1. The van der Waals surface area contributed by atoms with Crippen LogP contribution in [0.4, 0.5) is 10.1 Å². The van der Waals surface area contributed by atoms with Gasteiger partial charge in [0.2, 0.25) is 5.78 Å². The molecule has 9 heteroatoms. The number of nitrogens with one attached hydrogen (secondary N) is 1. The third-order valence-electron chi connectivity index (χ3n) is 4.26. The van der Waals surface area contributed by atoms with Gasteiger partial charge in [-0.2, -0.15) is 0 Å². The van der Waals surface area contributed by atoms with Crippen molar-refractivity contribution in [2.45, 2.75) is 4.90 Å². The summed E-state index contributed by atoms with van der Waals surface area (Å²) in [5.74, 6) is -1.60. The Morgan fingerprint density at radius 3 is 2.19 bits per heavy atom. The minimum Gasteiger partial charge on any atom is -0.496 e. The van der Waals surface area contributed by atoms with E-state index in [1.165, 1.54) is 31.4 Å². The zero-order valence-electron chi connectivity index (χ0n) is 16.4. The van der Waals surface area contributed by atoms with Gasteiger partial charge in [-0.3, -0.25) is 9.52 Å². The summed E-state index contributed by atoms with van der Waals surface area (Å²) in [4.78, 5) is 24.7. The third-order valence-corrected chi connectivity index (χ3v) is 5.64. The molecule has 3 aromatic carbocycles. The molecule has 0 heterocycles. The highest BCUT2D eigenvalue weighted by molar-refractivity contribution is 7.92. The van der Waals surface area contributed by atoms with Crippen LogP contribution in [0.1, 0.15) is 20.7 Å². The van der Waals surface area contributed by atoms with Crippen molar-refractivity contribution in [2.75, 3.05) is 18.4 Å². The van der Waals surface area contributed by atoms with Crippen molar-refractivity contribution in [3.8, 4) is 5.75 Å². The number of rotatable bonds is 8. The fraction of sp³-hybridized carbons (Fsp3) is 0.0909. The number of para-hydroxylation sites is 2. The second-order valence-corrected chi connectivity index (χ2v) is 7.99. The molecule has 1 N–H and O–H groups in total. The van der Waals surface area contributed by atoms with Gasteiger partial charge in [0.05, 0.1) is 28.8 Å². The van der Waals surface area contributed by atoms with Crippen LogP contribution in [0, 0.1) is 5.82 Å². The van der Waals surface area contributed by atoms with Crippen LogP contribution in [0.3, 0.4) is 0 Å². The van der Waals surface area contributed by atoms with E-state index in [9.17, 15) is 22.4 Å². The zero-order valence-corrected chi connectivity index (χ0v) is 17.2. The summed E-state index contributed by atoms with van der Waals surface area (Å²) in [6.07, 6.45) is 0. The second-order valence-electron chi connectivity index (χ2n) is 6.30. The normalized spacial score (nSPS) is 10.9. The Morgan fingerprint density at radius 2 is 1.52 bits per heavy atom. The second kappa shape index (κ2) is 9.40. The maximum atomic E-state index is 13.1. The Hall–Kier alpha value is -3.72. The van der Waals surface area contributed by atoms with Gasteiger partial charge in [0.15, 0.2) is 6.61 Å². The molecule has 0 bridgehead atoms. The van der Waals surface area contributed by atoms with Crippen molar-refractivity contribution in [1.29, 1.82) is 0 Å². The van der Waals surface area contributed by atoms with E-state index in [2.05, 4.69) is 4.72 Å². The minimum absolute atomic E-state index is 0.0402. The van der Waals surface area contributed by atoms with E-state index >= 15 is 0 Å². The maximum Gasteiger partial charge on any atom is 0.340 e. The quantitative estimate of drug-likeness (QED) is 0.421. The highest BCUT2D eigenvalue weighted by Gasteiger charge is 2.21. The van der Waals surface area contributed by atoms with Crippen molar-refractivity contribution in [2.24, 2.45) is 0 Å². The van der Waals surface area contributed by atoms with Gasteiger partial charge in [0.25, 0.3) is 10.0 Å². The van der Waals surface area contributed by atoms with E-state index in [0.29, 0.717) is 5.75 Å². The van der Waals surface area contributed by atoms with Gasteiger partial charge in [0.1, 0.15) is 11.6 Å². The van der Waals surface area contributed by atoms with E-state index in [0.717, 1.165) is 24.3 Å². The number of sulfonamides is 1. The SMILES string of the molecule is COc1ccccc1C(=O)COC(=O)c1ccccc1NS(=O)(=O)c1ccc(F)cc1. The van der Waals surface area contributed by atoms with Crippen LogP contribution in [0.25, 0.3) is 0 Å². The van der Waals surface area contributed by atoms with Gasteiger partial charge >= 0.3 is 5.97 Å². The van der Waals surface area contributed by atoms with Crippen molar-refractivity contribution in [1.82, 2.24) is 0 Å². The molecule has 0 spiro atoms. The molecule has 0 atom stereocenters. The molecule has 0 aliphatic rings. The lowest BCUT2D eigenvalue weighted by Crippen LogP contribution is -2.18. The molecule has 0 aliphatic heterocycles. The van der Waals surface area contributed by atoms with Gasteiger partial charge < -0.3 is 9.47 Å². The molecule has 3 rings (SSSR count). The fourth-order valence-electron chi connectivity index (χ4n) is 2.73. The highest BCUT2D eigenvalue weighted by atomic mass is 32.2. The standard InChI is InChI=1S/C22H18FNO6S/c1-29-21-9-5-3-7-18(21)20(25)14-30-22(26)17-6-2-4-8-19(17)24-31(27,28)16-12-10-15(23)11-13-16/h2-13,24H,14H2,1H3. The molecule has 31 heavy (non-hydrogen) atoms. The topological polar surface area (TPSA) is 98.8 Å². The lowest BCUT2D eigenvalue weighted by atomic mass is 10.1. The van der Waals surface area contributed by atoms with Crippen LogP contribution in [-0.4, -0.2) is 33.9 Å². The fourth-order valence-corrected chi connectivity index (χ4v) is 3.81. The first-order valence-corrected chi connectivity index (χ1v) is 10.5. The smallest absolute Gasteiger partial charge is 0.340 e. The largest absolute Gasteiger partial charge is 0.496 e. The number of benzene rings is 3. The Labute approximate surface area is 178 Å². The van der Waals surface area contributed by atoms with Gasteiger partial charge in [-0.25, -0.2) is 17.6 Å². The molecule has 0 fully saturated rings. The number of halogens is 1. The van der Waals surface area contributed by atoms with E-state index in [4.69, 9.17) is 9.47 Å². The molecular weight excluding hydrogens is 425 g/mol. The van der Waals surface area contributed by atoms with Crippen LogP contribution in [0.2, 0.25) is 0 Å². The van der Waals surface area contributed by atoms with Crippen molar-refractivity contribution in [3.63, 3.8) is 0 Å². The van der Waals surface area contributed by atoms with E-state index in [1.807, 2.05) is 0 Å². The number of hydrogen-bond acceptors (Lipinski definition) is 6.